The number of ether oxygens (including phenoxy) is 1. The topological polar surface area (TPSA) is 21.3 Å². The molecule has 0 radical (unpaired) electrons. The number of hydrogen-bond acceptors (Lipinski definition) is 2. The molecule has 2 nitrogen and oxygen atoms in total. The number of nitrogens with one attached hydrogen (secondary N) is 1. The van der Waals surface area contributed by atoms with E-state index >= 15 is 0 Å². The van der Waals surface area contributed by atoms with Crippen LogP contribution in [0, 0.1) is 24.7 Å². The Morgan fingerprint density at radius 3 is 2.47 bits per heavy atom. The zero-order valence-electron chi connectivity index (χ0n) is 12.1. The van der Waals surface area contributed by atoms with Crippen LogP contribution in [0.3, 0.4) is 0 Å². The molecule has 0 saturated heterocycles. The summed E-state index contributed by atoms with van der Waals surface area (Å²) in [5.41, 5.74) is 2.59. The number of aryl methyl sites for hydroxylation is 1. The van der Waals surface area contributed by atoms with E-state index in [0.29, 0.717) is 0 Å². The van der Waals surface area contributed by atoms with E-state index in [1.807, 2.05) is 0 Å². The van der Waals surface area contributed by atoms with Gasteiger partial charge in [-0.25, -0.2) is 0 Å². The third kappa shape index (κ3) is 3.30. The molecule has 2 saturated carbocycles. The van der Waals surface area contributed by atoms with Gasteiger partial charge in [-0.1, -0.05) is 17.7 Å². The van der Waals surface area contributed by atoms with Gasteiger partial charge in [0.05, 0.1) is 7.11 Å². The van der Waals surface area contributed by atoms with Gasteiger partial charge in [0, 0.05) is 12.1 Å². The molecule has 2 aliphatic carbocycles. The molecule has 0 atom stereocenters. The van der Waals surface area contributed by atoms with Crippen LogP contribution in [-0.4, -0.2) is 13.7 Å². The molecule has 104 valence electrons. The second-order valence-electron chi connectivity index (χ2n) is 6.28. The van der Waals surface area contributed by atoms with Gasteiger partial charge < -0.3 is 10.1 Å². The monoisotopic (exact) mass is 259 g/mol. The third-order valence-corrected chi connectivity index (χ3v) is 4.59. The highest BCUT2D eigenvalue weighted by atomic mass is 16.5. The normalized spacial score (nSPS) is 18.9. The third-order valence-electron chi connectivity index (χ3n) is 4.59. The van der Waals surface area contributed by atoms with Crippen molar-refractivity contribution in [2.24, 2.45) is 17.8 Å². The molecule has 1 aromatic rings. The van der Waals surface area contributed by atoms with E-state index in [-0.39, 0.29) is 0 Å². The summed E-state index contributed by atoms with van der Waals surface area (Å²) in [5.74, 6) is 4.00. The van der Waals surface area contributed by atoms with Gasteiger partial charge in [0.2, 0.25) is 0 Å². The fraction of sp³-hybridized carbons (Fsp3) is 0.647. The number of methoxy groups -OCH3 is 1. The summed E-state index contributed by atoms with van der Waals surface area (Å²) in [5, 5.41) is 3.67. The van der Waals surface area contributed by atoms with Crippen molar-refractivity contribution < 1.29 is 4.74 Å². The SMILES string of the molecule is COc1ccc(C)cc1CNCC(C1CC1)C1CC1. The predicted octanol–water partition coefficient (Wildman–Crippen LogP) is 3.53. The summed E-state index contributed by atoms with van der Waals surface area (Å²) in [6, 6.07) is 6.42. The first-order valence-corrected chi connectivity index (χ1v) is 7.62. The van der Waals surface area contributed by atoms with Crippen LogP contribution in [0.25, 0.3) is 0 Å². The Morgan fingerprint density at radius 2 is 1.89 bits per heavy atom. The van der Waals surface area contributed by atoms with Gasteiger partial charge >= 0.3 is 0 Å². The first-order valence-electron chi connectivity index (χ1n) is 7.62. The van der Waals surface area contributed by atoms with Crippen LogP contribution in [0.1, 0.15) is 36.8 Å². The quantitative estimate of drug-likeness (QED) is 0.809. The van der Waals surface area contributed by atoms with Gasteiger partial charge in [-0.15, -0.1) is 0 Å². The molecule has 2 aliphatic rings. The fourth-order valence-corrected chi connectivity index (χ4v) is 3.19. The van der Waals surface area contributed by atoms with Crippen molar-refractivity contribution in [3.05, 3.63) is 29.3 Å². The maximum atomic E-state index is 5.44. The van der Waals surface area contributed by atoms with Crippen molar-refractivity contribution in [2.75, 3.05) is 13.7 Å². The van der Waals surface area contributed by atoms with Crippen LogP contribution in [0.2, 0.25) is 0 Å². The molecule has 0 amide bonds. The Hall–Kier alpha value is -1.02. The van der Waals surface area contributed by atoms with E-state index in [2.05, 4.69) is 30.4 Å². The highest BCUT2D eigenvalue weighted by molar-refractivity contribution is 5.36. The average molecular weight is 259 g/mol. The lowest BCUT2D eigenvalue weighted by atomic mass is 9.98. The second kappa shape index (κ2) is 5.54. The maximum absolute atomic E-state index is 5.44. The Morgan fingerprint density at radius 1 is 1.21 bits per heavy atom. The molecule has 0 bridgehead atoms. The molecular weight excluding hydrogens is 234 g/mol. The van der Waals surface area contributed by atoms with Crippen LogP contribution in [-0.2, 0) is 6.54 Å². The molecule has 0 heterocycles. The van der Waals surface area contributed by atoms with Gasteiger partial charge in [-0.2, -0.15) is 0 Å². The Kier molecular flexibility index (Phi) is 3.79. The summed E-state index contributed by atoms with van der Waals surface area (Å²) in [6.45, 7) is 4.26. The molecular formula is C17H25NO. The van der Waals surface area contributed by atoms with Crippen LogP contribution in [0.15, 0.2) is 18.2 Å². The minimum absolute atomic E-state index is 0.931. The van der Waals surface area contributed by atoms with Crippen molar-refractivity contribution in [2.45, 2.75) is 39.2 Å². The zero-order valence-corrected chi connectivity index (χ0v) is 12.1. The summed E-state index contributed by atoms with van der Waals surface area (Å²) in [6.07, 6.45) is 5.88. The summed E-state index contributed by atoms with van der Waals surface area (Å²) in [4.78, 5) is 0. The highest BCUT2D eigenvalue weighted by Crippen LogP contribution is 2.48. The summed E-state index contributed by atoms with van der Waals surface area (Å²) >= 11 is 0. The van der Waals surface area contributed by atoms with Crippen molar-refractivity contribution in [1.29, 1.82) is 0 Å². The van der Waals surface area contributed by atoms with Crippen LogP contribution >= 0.6 is 0 Å². The maximum Gasteiger partial charge on any atom is 0.123 e. The molecule has 2 fully saturated rings. The zero-order chi connectivity index (χ0) is 13.2. The number of hydrogen-bond donors (Lipinski definition) is 1. The Bertz CT molecular complexity index is 423. The predicted molar refractivity (Wildman–Crippen MR) is 78.4 cm³/mol. The molecule has 0 aromatic heterocycles. The summed E-state index contributed by atoms with van der Waals surface area (Å²) < 4.78 is 5.44. The minimum Gasteiger partial charge on any atom is -0.496 e. The lowest BCUT2D eigenvalue weighted by Crippen LogP contribution is -2.25. The lowest BCUT2D eigenvalue weighted by Gasteiger charge is -2.17. The molecule has 0 spiro atoms. The first-order chi connectivity index (χ1) is 9.28. The largest absolute Gasteiger partial charge is 0.496 e. The fourth-order valence-electron chi connectivity index (χ4n) is 3.19. The number of rotatable bonds is 7. The van der Waals surface area contributed by atoms with Gasteiger partial charge in [-0.3, -0.25) is 0 Å². The molecule has 1 aromatic carbocycles. The lowest BCUT2D eigenvalue weighted by molar-refractivity contribution is 0.373. The van der Waals surface area contributed by atoms with E-state index in [1.54, 1.807) is 7.11 Å². The standard InChI is InChI=1S/C17H25NO/c1-12-3-8-17(19-2)15(9-12)10-18-11-16(13-4-5-13)14-6-7-14/h3,8-9,13-14,16,18H,4-7,10-11H2,1-2H3. The average Bonchev–Trinajstić information content (AvgIpc) is 3.28. The van der Waals surface area contributed by atoms with Crippen molar-refractivity contribution >= 4 is 0 Å². The smallest absolute Gasteiger partial charge is 0.123 e. The van der Waals surface area contributed by atoms with Gasteiger partial charge in [0.25, 0.3) is 0 Å². The van der Waals surface area contributed by atoms with E-state index in [0.717, 1.165) is 30.0 Å². The van der Waals surface area contributed by atoms with E-state index in [4.69, 9.17) is 4.74 Å². The van der Waals surface area contributed by atoms with Crippen molar-refractivity contribution in [3.8, 4) is 5.75 Å². The molecule has 2 heteroatoms. The molecule has 1 N–H and O–H groups in total. The molecule has 19 heavy (non-hydrogen) atoms. The van der Waals surface area contributed by atoms with Crippen molar-refractivity contribution in [3.63, 3.8) is 0 Å². The van der Waals surface area contributed by atoms with Gasteiger partial charge in [0.15, 0.2) is 0 Å². The van der Waals surface area contributed by atoms with E-state index < -0.39 is 0 Å². The highest BCUT2D eigenvalue weighted by Gasteiger charge is 2.40. The molecule has 3 rings (SSSR count). The van der Waals surface area contributed by atoms with E-state index in [1.165, 1.54) is 43.4 Å². The van der Waals surface area contributed by atoms with Gasteiger partial charge in [-0.05, 0) is 63.0 Å². The Balaban J connectivity index is 1.55. The molecule has 0 unspecified atom stereocenters. The van der Waals surface area contributed by atoms with E-state index in [9.17, 15) is 0 Å². The first kappa shape index (κ1) is 13.0. The van der Waals surface area contributed by atoms with Crippen LogP contribution in [0.5, 0.6) is 5.75 Å². The Labute approximate surface area is 116 Å². The van der Waals surface area contributed by atoms with Crippen molar-refractivity contribution in [1.82, 2.24) is 5.32 Å². The summed E-state index contributed by atoms with van der Waals surface area (Å²) in [7, 11) is 1.76. The number of benzene rings is 1. The van der Waals surface area contributed by atoms with Crippen LogP contribution in [0.4, 0.5) is 0 Å². The molecule has 0 aliphatic heterocycles. The second-order valence-corrected chi connectivity index (χ2v) is 6.28. The van der Waals surface area contributed by atoms with Crippen LogP contribution < -0.4 is 10.1 Å². The minimum atomic E-state index is 0.931. The van der Waals surface area contributed by atoms with Gasteiger partial charge in [0.1, 0.15) is 5.75 Å².